The van der Waals surface area contributed by atoms with Gasteiger partial charge in [0.2, 0.25) is 0 Å². The topological polar surface area (TPSA) is 16.1 Å². The fraction of sp³-hybridized carbons (Fsp3) is 0.667. The maximum Gasteiger partial charge on any atom is 0.0270 e. The van der Waals surface area contributed by atoms with Crippen molar-refractivity contribution in [3.8, 4) is 0 Å². The molecular formula is C15H23ClN2. The van der Waals surface area contributed by atoms with Crippen molar-refractivity contribution < 1.29 is 0 Å². The summed E-state index contributed by atoms with van der Waals surface area (Å²) in [5.41, 5.74) is 1.40. The highest BCUT2D eigenvalue weighted by Crippen LogP contribution is 2.20. The molecule has 2 rings (SSSR count). The van der Waals surface area contributed by atoms with Crippen LogP contribution >= 0.6 is 11.6 Å². The number of halogens is 1. The Kier molecular flexibility index (Phi) is 5.95. The Morgan fingerprint density at radius 2 is 2.11 bits per heavy atom. The third-order valence-corrected chi connectivity index (χ3v) is 4.07. The highest BCUT2D eigenvalue weighted by molar-refractivity contribution is 6.17. The van der Waals surface area contributed by atoms with Gasteiger partial charge in [0, 0.05) is 24.3 Å². The van der Waals surface area contributed by atoms with Crippen LogP contribution in [-0.2, 0) is 6.42 Å². The minimum atomic E-state index is 0.730. The molecule has 1 saturated heterocycles. The molecule has 0 spiro atoms. The van der Waals surface area contributed by atoms with Crippen LogP contribution in [-0.4, -0.2) is 34.9 Å². The van der Waals surface area contributed by atoms with Crippen molar-refractivity contribution >= 4 is 11.6 Å². The number of nitrogens with zero attached hydrogens (tertiary/aromatic N) is 2. The molecule has 2 nitrogen and oxygen atoms in total. The Balaban J connectivity index is 1.74. The third-order valence-electron chi connectivity index (χ3n) is 3.85. The van der Waals surface area contributed by atoms with Crippen LogP contribution in [0.15, 0.2) is 24.5 Å². The molecule has 0 saturated carbocycles. The second-order valence-corrected chi connectivity index (χ2v) is 5.50. The number of likely N-dealkylation sites (tertiary alicyclic amines) is 1. The summed E-state index contributed by atoms with van der Waals surface area (Å²) >= 11 is 5.90. The van der Waals surface area contributed by atoms with E-state index in [1.54, 1.807) is 0 Å². The molecule has 100 valence electrons. The fourth-order valence-corrected chi connectivity index (χ4v) is 3.09. The Labute approximate surface area is 115 Å². The van der Waals surface area contributed by atoms with Crippen molar-refractivity contribution in [1.82, 2.24) is 9.88 Å². The molecule has 0 aromatic carbocycles. The van der Waals surface area contributed by atoms with Gasteiger partial charge in [-0.3, -0.25) is 4.98 Å². The Morgan fingerprint density at radius 3 is 2.89 bits per heavy atom. The fourth-order valence-electron chi connectivity index (χ4n) is 2.84. The van der Waals surface area contributed by atoms with E-state index >= 15 is 0 Å². The van der Waals surface area contributed by atoms with Crippen LogP contribution in [0.2, 0.25) is 0 Å². The van der Waals surface area contributed by atoms with Gasteiger partial charge in [0.25, 0.3) is 0 Å². The number of aryl methyl sites for hydroxylation is 1. The summed E-state index contributed by atoms with van der Waals surface area (Å²) in [4.78, 5) is 6.70. The van der Waals surface area contributed by atoms with Gasteiger partial charge in [-0.15, -0.1) is 11.6 Å². The average Bonchev–Trinajstić information content (AvgIpc) is 2.42. The number of piperidine rings is 1. The zero-order valence-electron chi connectivity index (χ0n) is 11.0. The first-order chi connectivity index (χ1) is 8.90. The SMILES string of the molecule is ClCCC1CCCCN1CCCc1ccncc1. The van der Waals surface area contributed by atoms with Gasteiger partial charge in [-0.2, -0.15) is 0 Å². The lowest BCUT2D eigenvalue weighted by Crippen LogP contribution is -2.40. The van der Waals surface area contributed by atoms with E-state index in [4.69, 9.17) is 11.6 Å². The highest BCUT2D eigenvalue weighted by atomic mass is 35.5. The van der Waals surface area contributed by atoms with E-state index in [1.807, 2.05) is 12.4 Å². The Hall–Kier alpha value is -0.600. The molecule has 0 amide bonds. The first-order valence-electron chi connectivity index (χ1n) is 7.09. The first kappa shape index (κ1) is 13.8. The lowest BCUT2D eigenvalue weighted by atomic mass is 9.99. The van der Waals surface area contributed by atoms with Crippen molar-refractivity contribution in [1.29, 1.82) is 0 Å². The number of rotatable bonds is 6. The van der Waals surface area contributed by atoms with Crippen LogP contribution in [0.1, 0.15) is 37.7 Å². The van der Waals surface area contributed by atoms with Gasteiger partial charge in [-0.25, -0.2) is 0 Å². The third kappa shape index (κ3) is 4.25. The standard InChI is InChI=1S/C15H23ClN2/c16-9-6-15-5-1-2-12-18(15)13-3-4-14-7-10-17-11-8-14/h7-8,10-11,15H,1-6,9,12-13H2. The van der Waals surface area contributed by atoms with E-state index in [-0.39, 0.29) is 0 Å². The molecule has 1 fully saturated rings. The number of aromatic nitrogens is 1. The number of alkyl halides is 1. The van der Waals surface area contributed by atoms with Gasteiger partial charge >= 0.3 is 0 Å². The second kappa shape index (κ2) is 7.75. The highest BCUT2D eigenvalue weighted by Gasteiger charge is 2.20. The van der Waals surface area contributed by atoms with Crippen LogP contribution in [0.4, 0.5) is 0 Å². The van der Waals surface area contributed by atoms with Crippen LogP contribution in [0.5, 0.6) is 0 Å². The predicted octanol–water partition coefficient (Wildman–Crippen LogP) is 3.50. The second-order valence-electron chi connectivity index (χ2n) is 5.12. The molecule has 0 N–H and O–H groups in total. The molecule has 1 atom stereocenters. The van der Waals surface area contributed by atoms with Gasteiger partial charge in [-0.1, -0.05) is 6.42 Å². The smallest absolute Gasteiger partial charge is 0.0270 e. The van der Waals surface area contributed by atoms with Crippen molar-refractivity contribution in [2.45, 2.75) is 44.6 Å². The zero-order chi connectivity index (χ0) is 12.6. The average molecular weight is 267 g/mol. The number of pyridine rings is 1. The summed E-state index contributed by atoms with van der Waals surface area (Å²) in [6, 6.07) is 4.97. The maximum atomic E-state index is 5.90. The van der Waals surface area contributed by atoms with Gasteiger partial charge in [0.05, 0.1) is 0 Å². The molecule has 1 aliphatic heterocycles. The van der Waals surface area contributed by atoms with Gasteiger partial charge in [0.1, 0.15) is 0 Å². The summed E-state index contributed by atoms with van der Waals surface area (Å²) in [5, 5.41) is 0. The monoisotopic (exact) mass is 266 g/mol. The molecule has 2 heterocycles. The summed E-state index contributed by atoms with van der Waals surface area (Å²) in [7, 11) is 0. The van der Waals surface area contributed by atoms with Crippen LogP contribution in [0.3, 0.4) is 0 Å². The normalized spacial score (nSPS) is 21.1. The zero-order valence-corrected chi connectivity index (χ0v) is 11.8. The van der Waals surface area contributed by atoms with Crippen molar-refractivity contribution in [3.63, 3.8) is 0 Å². The first-order valence-corrected chi connectivity index (χ1v) is 7.62. The quantitative estimate of drug-likeness (QED) is 0.733. The Bertz CT molecular complexity index is 327. The molecule has 3 heteroatoms. The van der Waals surface area contributed by atoms with Gasteiger partial charge < -0.3 is 4.90 Å². The van der Waals surface area contributed by atoms with E-state index in [9.17, 15) is 0 Å². The molecular weight excluding hydrogens is 244 g/mol. The molecule has 18 heavy (non-hydrogen) atoms. The molecule has 0 aliphatic carbocycles. The van der Waals surface area contributed by atoms with E-state index in [0.717, 1.165) is 24.8 Å². The minimum absolute atomic E-state index is 0.730. The van der Waals surface area contributed by atoms with E-state index in [2.05, 4.69) is 22.0 Å². The lowest BCUT2D eigenvalue weighted by Gasteiger charge is -2.35. The predicted molar refractivity (Wildman–Crippen MR) is 77.1 cm³/mol. The summed E-state index contributed by atoms with van der Waals surface area (Å²) < 4.78 is 0. The Morgan fingerprint density at radius 1 is 1.28 bits per heavy atom. The van der Waals surface area contributed by atoms with Crippen LogP contribution in [0, 0.1) is 0 Å². The van der Waals surface area contributed by atoms with Gasteiger partial charge in [-0.05, 0) is 62.9 Å². The molecule has 1 aromatic rings. The number of hydrogen-bond donors (Lipinski definition) is 0. The largest absolute Gasteiger partial charge is 0.300 e. The molecule has 0 bridgehead atoms. The van der Waals surface area contributed by atoms with Crippen LogP contribution < -0.4 is 0 Å². The summed E-state index contributed by atoms with van der Waals surface area (Å²) in [6.45, 7) is 2.47. The lowest BCUT2D eigenvalue weighted by molar-refractivity contribution is 0.143. The minimum Gasteiger partial charge on any atom is -0.300 e. The van der Waals surface area contributed by atoms with E-state index < -0.39 is 0 Å². The molecule has 1 aliphatic rings. The maximum absolute atomic E-state index is 5.90. The number of hydrogen-bond acceptors (Lipinski definition) is 2. The van der Waals surface area contributed by atoms with E-state index in [0.29, 0.717) is 0 Å². The van der Waals surface area contributed by atoms with Gasteiger partial charge in [0.15, 0.2) is 0 Å². The molecule has 0 radical (unpaired) electrons. The van der Waals surface area contributed by atoms with Crippen molar-refractivity contribution in [3.05, 3.63) is 30.1 Å². The molecule has 1 unspecified atom stereocenters. The van der Waals surface area contributed by atoms with Crippen molar-refractivity contribution in [2.75, 3.05) is 19.0 Å². The van der Waals surface area contributed by atoms with E-state index in [1.165, 1.54) is 44.3 Å². The summed E-state index contributed by atoms with van der Waals surface area (Å²) in [6.07, 6.45) is 11.4. The van der Waals surface area contributed by atoms with Crippen molar-refractivity contribution in [2.24, 2.45) is 0 Å². The molecule has 1 aromatic heterocycles. The summed E-state index contributed by atoms with van der Waals surface area (Å²) in [5.74, 6) is 0.797. The van der Waals surface area contributed by atoms with Crippen LogP contribution in [0.25, 0.3) is 0 Å².